The first-order valence-electron chi connectivity index (χ1n) is 12.5. The highest BCUT2D eigenvalue weighted by Gasteiger charge is 2.22. The molecule has 2 aromatic rings. The van der Waals surface area contributed by atoms with Crippen molar-refractivity contribution < 1.29 is 9.90 Å². The minimum atomic E-state index is -0.734. The number of hydrogen-bond donors (Lipinski definition) is 1. The monoisotopic (exact) mass is 426 g/mol. The Hall–Kier alpha value is -2.10. The Morgan fingerprint density at radius 2 is 1.42 bits per heavy atom. The maximum Gasteiger partial charge on any atom is 0.311 e. The van der Waals surface area contributed by atoms with Gasteiger partial charge in [-0.25, -0.2) is 4.98 Å². The van der Waals surface area contributed by atoms with Crippen LogP contribution in [0.3, 0.4) is 0 Å². The van der Waals surface area contributed by atoms with E-state index in [4.69, 9.17) is 0 Å². The van der Waals surface area contributed by atoms with Gasteiger partial charge in [0.25, 0.3) is 0 Å². The van der Waals surface area contributed by atoms with Gasteiger partial charge in [0.15, 0.2) is 0 Å². The summed E-state index contributed by atoms with van der Waals surface area (Å²) >= 11 is 0. The summed E-state index contributed by atoms with van der Waals surface area (Å²) in [4.78, 5) is 16.1. The number of hydrogen-bond acceptors (Lipinski definition) is 2. The number of unbranched alkanes of at least 4 members (excludes halogenated alkanes) is 13. The molecule has 1 N–H and O–H groups in total. The van der Waals surface area contributed by atoms with Crippen LogP contribution in [0, 0.1) is 0 Å². The highest BCUT2D eigenvalue weighted by molar-refractivity contribution is 5.77. The SMILES string of the molecule is CCCCCCCCCCCCCCCCC(C(=O)O)c1ccccc1-n1ccnc1. The van der Waals surface area contributed by atoms with Gasteiger partial charge in [-0.1, -0.05) is 115 Å². The van der Waals surface area contributed by atoms with Crippen molar-refractivity contribution in [1.82, 2.24) is 9.55 Å². The predicted octanol–water partition coefficient (Wildman–Crippen LogP) is 7.91. The summed E-state index contributed by atoms with van der Waals surface area (Å²) in [6.07, 6.45) is 24.4. The predicted molar refractivity (Wildman–Crippen MR) is 129 cm³/mol. The van der Waals surface area contributed by atoms with Crippen LogP contribution in [0.5, 0.6) is 0 Å². The number of aromatic nitrogens is 2. The molecule has 0 aliphatic rings. The number of benzene rings is 1. The van der Waals surface area contributed by atoms with Gasteiger partial charge in [-0.15, -0.1) is 0 Å². The van der Waals surface area contributed by atoms with Gasteiger partial charge in [0.05, 0.1) is 17.9 Å². The second kappa shape index (κ2) is 15.7. The number of imidazole rings is 1. The highest BCUT2D eigenvalue weighted by atomic mass is 16.4. The van der Waals surface area contributed by atoms with Crippen LogP contribution in [0.25, 0.3) is 5.69 Å². The van der Waals surface area contributed by atoms with Gasteiger partial charge < -0.3 is 9.67 Å². The molecule has 2 rings (SSSR count). The Labute approximate surface area is 189 Å². The van der Waals surface area contributed by atoms with E-state index >= 15 is 0 Å². The molecule has 0 spiro atoms. The molecule has 0 saturated heterocycles. The molecule has 4 heteroatoms. The van der Waals surface area contributed by atoms with Gasteiger partial charge in [0, 0.05) is 12.4 Å². The third-order valence-electron chi connectivity index (χ3n) is 6.24. The first kappa shape index (κ1) is 25.2. The maximum atomic E-state index is 12.0. The van der Waals surface area contributed by atoms with Crippen molar-refractivity contribution in [2.45, 2.75) is 109 Å². The molecule has 172 valence electrons. The average Bonchev–Trinajstić information content (AvgIpc) is 3.31. The first-order chi connectivity index (χ1) is 15.2. The first-order valence-corrected chi connectivity index (χ1v) is 12.5. The Morgan fingerprint density at radius 3 is 1.94 bits per heavy atom. The lowest BCUT2D eigenvalue weighted by Gasteiger charge is -2.17. The Bertz CT molecular complexity index is 712. The normalized spacial score (nSPS) is 12.2. The van der Waals surface area contributed by atoms with Gasteiger partial charge in [-0.05, 0) is 18.1 Å². The Kier molecular flexibility index (Phi) is 12.7. The van der Waals surface area contributed by atoms with Crippen molar-refractivity contribution in [3.63, 3.8) is 0 Å². The van der Waals surface area contributed by atoms with E-state index < -0.39 is 11.9 Å². The van der Waals surface area contributed by atoms with Crippen LogP contribution < -0.4 is 0 Å². The molecule has 4 nitrogen and oxygen atoms in total. The van der Waals surface area contributed by atoms with Crippen molar-refractivity contribution in [3.05, 3.63) is 48.5 Å². The van der Waals surface area contributed by atoms with Crippen LogP contribution in [0.1, 0.15) is 115 Å². The fourth-order valence-electron chi connectivity index (χ4n) is 4.37. The smallest absolute Gasteiger partial charge is 0.311 e. The summed E-state index contributed by atoms with van der Waals surface area (Å²) in [6, 6.07) is 7.79. The van der Waals surface area contributed by atoms with Crippen LogP contribution in [0.2, 0.25) is 0 Å². The van der Waals surface area contributed by atoms with E-state index in [9.17, 15) is 9.90 Å². The quantitative estimate of drug-likeness (QED) is 0.246. The van der Waals surface area contributed by atoms with E-state index in [2.05, 4.69) is 11.9 Å². The number of carbonyl (C=O) groups is 1. The fraction of sp³-hybridized carbons (Fsp3) is 0.630. The molecule has 1 heterocycles. The molecule has 0 radical (unpaired) electrons. The van der Waals surface area contributed by atoms with Crippen molar-refractivity contribution in [3.8, 4) is 5.69 Å². The largest absolute Gasteiger partial charge is 0.481 e. The topological polar surface area (TPSA) is 55.1 Å². The second-order valence-electron chi connectivity index (χ2n) is 8.80. The molecular formula is C27H42N2O2. The van der Waals surface area contributed by atoms with E-state index in [1.54, 1.807) is 12.5 Å². The lowest BCUT2D eigenvalue weighted by Crippen LogP contribution is -2.14. The summed E-state index contributed by atoms with van der Waals surface area (Å²) in [5.74, 6) is -1.20. The fourth-order valence-corrected chi connectivity index (χ4v) is 4.37. The van der Waals surface area contributed by atoms with Gasteiger partial charge in [-0.3, -0.25) is 4.79 Å². The molecule has 0 saturated carbocycles. The molecule has 0 aliphatic carbocycles. The number of rotatable bonds is 18. The minimum absolute atomic E-state index is 0.462. The van der Waals surface area contributed by atoms with Crippen molar-refractivity contribution in [2.75, 3.05) is 0 Å². The van der Waals surface area contributed by atoms with Crippen LogP contribution in [0.4, 0.5) is 0 Å². The second-order valence-corrected chi connectivity index (χ2v) is 8.80. The summed E-state index contributed by atoms with van der Waals surface area (Å²) in [5, 5.41) is 9.83. The standard InChI is InChI=1S/C27H42N2O2/c1-2-3-4-5-6-7-8-9-10-11-12-13-14-15-19-25(27(30)31)24-18-16-17-20-26(24)29-22-21-28-23-29/h16-18,20-23,25H,2-15,19H2,1H3,(H,30,31). The molecule has 1 aromatic heterocycles. The summed E-state index contributed by atoms with van der Waals surface area (Å²) < 4.78 is 1.90. The van der Waals surface area contributed by atoms with Crippen molar-refractivity contribution in [1.29, 1.82) is 0 Å². The zero-order valence-electron chi connectivity index (χ0n) is 19.5. The molecule has 31 heavy (non-hydrogen) atoms. The number of aliphatic carboxylic acids is 1. The average molecular weight is 427 g/mol. The molecule has 0 bridgehead atoms. The van der Waals surface area contributed by atoms with Gasteiger partial charge in [0.1, 0.15) is 0 Å². The molecule has 0 amide bonds. The number of para-hydroxylation sites is 1. The minimum Gasteiger partial charge on any atom is -0.481 e. The highest BCUT2D eigenvalue weighted by Crippen LogP contribution is 2.28. The van der Waals surface area contributed by atoms with Gasteiger partial charge in [0.2, 0.25) is 0 Å². The number of carboxylic acid groups (broad SMARTS) is 1. The van der Waals surface area contributed by atoms with Crippen LogP contribution in [-0.4, -0.2) is 20.6 Å². The lowest BCUT2D eigenvalue weighted by atomic mass is 9.91. The van der Waals surface area contributed by atoms with Crippen LogP contribution >= 0.6 is 0 Å². The molecule has 1 atom stereocenters. The number of carboxylic acids is 1. The molecular weight excluding hydrogens is 384 g/mol. The zero-order chi connectivity index (χ0) is 22.2. The summed E-state index contributed by atoms with van der Waals surface area (Å²) in [7, 11) is 0. The van der Waals surface area contributed by atoms with E-state index in [0.717, 1.165) is 24.1 Å². The van der Waals surface area contributed by atoms with E-state index in [1.807, 2.05) is 35.0 Å². The van der Waals surface area contributed by atoms with E-state index in [1.165, 1.54) is 77.0 Å². The number of nitrogens with zero attached hydrogens (tertiary/aromatic N) is 2. The lowest BCUT2D eigenvalue weighted by molar-refractivity contribution is -0.139. The van der Waals surface area contributed by atoms with E-state index in [-0.39, 0.29) is 0 Å². The molecule has 1 unspecified atom stereocenters. The third kappa shape index (κ3) is 9.71. The van der Waals surface area contributed by atoms with Crippen molar-refractivity contribution >= 4 is 5.97 Å². The third-order valence-corrected chi connectivity index (χ3v) is 6.24. The zero-order valence-corrected chi connectivity index (χ0v) is 19.5. The van der Waals surface area contributed by atoms with Crippen LogP contribution in [-0.2, 0) is 4.79 Å². The molecule has 1 aromatic carbocycles. The molecule has 0 fully saturated rings. The Morgan fingerprint density at radius 1 is 0.871 bits per heavy atom. The Balaban J connectivity index is 1.60. The van der Waals surface area contributed by atoms with Crippen molar-refractivity contribution in [2.24, 2.45) is 0 Å². The van der Waals surface area contributed by atoms with E-state index in [0.29, 0.717) is 6.42 Å². The summed E-state index contributed by atoms with van der Waals surface area (Å²) in [5.41, 5.74) is 1.79. The van der Waals surface area contributed by atoms with Gasteiger partial charge in [-0.2, -0.15) is 0 Å². The summed E-state index contributed by atoms with van der Waals surface area (Å²) in [6.45, 7) is 2.27. The molecule has 0 aliphatic heterocycles. The van der Waals surface area contributed by atoms with Crippen LogP contribution in [0.15, 0.2) is 43.0 Å². The maximum absolute atomic E-state index is 12.0. The van der Waals surface area contributed by atoms with Gasteiger partial charge >= 0.3 is 5.97 Å².